The Labute approximate surface area is 141 Å². The van der Waals surface area contributed by atoms with Crippen LogP contribution in [0.4, 0.5) is 0 Å². The normalized spacial score (nSPS) is 16.4. The number of hydrogen-bond acceptors (Lipinski definition) is 4. The molecule has 0 saturated carbocycles. The first-order valence-electron chi connectivity index (χ1n) is 7.88. The molecule has 1 aliphatic heterocycles. The van der Waals surface area contributed by atoms with Crippen molar-refractivity contribution in [3.05, 3.63) is 60.2 Å². The lowest BCUT2D eigenvalue weighted by atomic mass is 9.87. The molecule has 0 N–H and O–H groups in total. The molecule has 0 amide bonds. The van der Waals surface area contributed by atoms with Crippen LogP contribution in [0.5, 0.6) is 0 Å². The van der Waals surface area contributed by atoms with Gasteiger partial charge in [0.1, 0.15) is 18.2 Å². The molecule has 1 atom stereocenters. The summed E-state index contributed by atoms with van der Waals surface area (Å²) in [5.74, 6) is -0.857. The lowest BCUT2D eigenvalue weighted by Crippen LogP contribution is -2.27. The second-order valence-corrected chi connectivity index (χ2v) is 5.46. The average Bonchev–Trinajstić information content (AvgIpc) is 3.09. The number of ether oxygens (including phenoxy) is 1. The Morgan fingerprint density at radius 3 is 2.88 bits per heavy atom. The van der Waals surface area contributed by atoms with E-state index in [1.807, 2.05) is 24.3 Å². The van der Waals surface area contributed by atoms with Gasteiger partial charge in [-0.25, -0.2) is 0 Å². The maximum atomic E-state index is 12.3. The molecule has 2 aromatic rings. The topological polar surface area (TPSA) is 47.9 Å². The molecule has 0 spiro atoms. The van der Waals surface area contributed by atoms with Crippen molar-refractivity contribution in [3.63, 3.8) is 0 Å². The number of carbonyl (C=O) groups excluding carboxylic acids is 1. The summed E-state index contributed by atoms with van der Waals surface area (Å²) in [5, 5.41) is 6.20. The second kappa shape index (κ2) is 6.71. The van der Waals surface area contributed by atoms with Crippen molar-refractivity contribution in [2.75, 3.05) is 13.2 Å². The van der Waals surface area contributed by atoms with E-state index in [0.717, 1.165) is 27.5 Å². The molecule has 1 unspecified atom stereocenters. The number of carbonyl (C=O) groups is 1. The lowest BCUT2D eigenvalue weighted by molar-refractivity contribution is -0.146. The smallest absolute Gasteiger partial charge is 0.318 e. The van der Waals surface area contributed by atoms with Crippen molar-refractivity contribution in [1.29, 1.82) is 0 Å². The molecule has 24 heavy (non-hydrogen) atoms. The predicted molar refractivity (Wildman–Crippen MR) is 96.7 cm³/mol. The van der Waals surface area contributed by atoms with E-state index in [1.165, 1.54) is 0 Å². The summed E-state index contributed by atoms with van der Waals surface area (Å²) in [7, 11) is 0. The fourth-order valence-corrected chi connectivity index (χ4v) is 3.02. The van der Waals surface area contributed by atoms with Gasteiger partial charge in [-0.1, -0.05) is 54.7 Å². The van der Waals surface area contributed by atoms with Crippen LogP contribution < -0.4 is 0 Å². The fourth-order valence-electron chi connectivity index (χ4n) is 3.02. The third kappa shape index (κ3) is 2.60. The summed E-state index contributed by atoms with van der Waals surface area (Å²) in [6, 6.07) is 10.0. The van der Waals surface area contributed by atoms with Crippen LogP contribution in [0.2, 0.25) is 0 Å². The van der Waals surface area contributed by atoms with E-state index >= 15 is 0 Å². The van der Waals surface area contributed by atoms with Gasteiger partial charge >= 0.3 is 5.97 Å². The van der Waals surface area contributed by atoms with Gasteiger partial charge in [-0.2, -0.15) is 0 Å². The Kier molecular flexibility index (Phi) is 4.47. The maximum Gasteiger partial charge on any atom is 0.318 e. The van der Waals surface area contributed by atoms with Crippen molar-refractivity contribution in [2.24, 2.45) is 11.1 Å². The van der Waals surface area contributed by atoms with Crippen LogP contribution in [-0.2, 0) is 14.4 Å². The maximum absolute atomic E-state index is 12.3. The first-order chi connectivity index (χ1) is 11.7. The van der Waals surface area contributed by atoms with Gasteiger partial charge in [0.25, 0.3) is 0 Å². The zero-order valence-corrected chi connectivity index (χ0v) is 13.6. The standard InChI is InChI=1S/C20H19NO3/c1-4-13-11-14-9-7-8-10-16(14)18(15(13)5-2)19-17(12-24-21-19)20(22)23-6-3/h4-5,7-11,17H,1-2,6,12H2,3H3. The molecule has 4 heteroatoms. The molecule has 0 radical (unpaired) electrons. The minimum Gasteiger partial charge on any atom is -0.465 e. The first-order valence-corrected chi connectivity index (χ1v) is 7.88. The summed E-state index contributed by atoms with van der Waals surface area (Å²) >= 11 is 0. The van der Waals surface area contributed by atoms with Gasteiger partial charge in [-0.15, -0.1) is 0 Å². The highest BCUT2D eigenvalue weighted by atomic mass is 16.6. The van der Waals surface area contributed by atoms with Crippen LogP contribution in [0.3, 0.4) is 0 Å². The molecule has 122 valence electrons. The Morgan fingerprint density at radius 1 is 1.38 bits per heavy atom. The predicted octanol–water partition coefficient (Wildman–Crippen LogP) is 4.04. The SMILES string of the molecule is C=Cc1cc2ccccc2c(C2=NOCC2C(=O)OCC)c1C=C. The van der Waals surface area contributed by atoms with E-state index in [2.05, 4.69) is 24.4 Å². The van der Waals surface area contributed by atoms with E-state index in [-0.39, 0.29) is 12.6 Å². The number of esters is 1. The molecule has 0 aliphatic carbocycles. The van der Waals surface area contributed by atoms with E-state index in [4.69, 9.17) is 9.57 Å². The molecule has 2 aromatic carbocycles. The highest BCUT2D eigenvalue weighted by molar-refractivity contribution is 6.20. The number of benzene rings is 2. The largest absolute Gasteiger partial charge is 0.465 e. The molecular weight excluding hydrogens is 302 g/mol. The minimum atomic E-state index is -0.535. The zero-order valence-electron chi connectivity index (χ0n) is 13.6. The van der Waals surface area contributed by atoms with Crippen LogP contribution in [0.1, 0.15) is 23.6 Å². The average molecular weight is 321 g/mol. The van der Waals surface area contributed by atoms with Gasteiger partial charge < -0.3 is 9.57 Å². The molecule has 0 bridgehead atoms. The highest BCUT2D eigenvalue weighted by Gasteiger charge is 2.35. The van der Waals surface area contributed by atoms with Crippen LogP contribution in [0.15, 0.2) is 48.6 Å². The van der Waals surface area contributed by atoms with Crippen LogP contribution in [0, 0.1) is 5.92 Å². The van der Waals surface area contributed by atoms with Gasteiger partial charge in [0.15, 0.2) is 0 Å². The number of nitrogens with zero attached hydrogens (tertiary/aromatic N) is 1. The third-order valence-electron chi connectivity index (χ3n) is 4.11. The number of rotatable bonds is 5. The van der Waals surface area contributed by atoms with Crippen molar-refractivity contribution >= 4 is 34.6 Å². The van der Waals surface area contributed by atoms with Gasteiger partial charge in [-0.3, -0.25) is 4.79 Å². The molecule has 0 saturated heterocycles. The Bertz CT molecular complexity index is 851. The zero-order chi connectivity index (χ0) is 17.1. The van der Waals surface area contributed by atoms with Gasteiger partial charge in [0.05, 0.1) is 6.61 Å². The number of fused-ring (bicyclic) bond motifs is 1. The van der Waals surface area contributed by atoms with Gasteiger partial charge in [-0.05, 0) is 34.9 Å². The molecule has 1 aliphatic rings. The Hall–Kier alpha value is -2.88. The Balaban J connectivity index is 2.26. The number of oxime groups is 1. The van der Waals surface area contributed by atoms with Gasteiger partial charge in [0, 0.05) is 5.56 Å². The van der Waals surface area contributed by atoms with E-state index in [9.17, 15) is 4.79 Å². The molecule has 1 heterocycles. The highest BCUT2D eigenvalue weighted by Crippen LogP contribution is 2.32. The van der Waals surface area contributed by atoms with Crippen LogP contribution in [-0.4, -0.2) is 24.9 Å². The summed E-state index contributed by atoms with van der Waals surface area (Å²) in [6.45, 7) is 10.1. The minimum absolute atomic E-state index is 0.192. The summed E-state index contributed by atoms with van der Waals surface area (Å²) in [4.78, 5) is 17.5. The third-order valence-corrected chi connectivity index (χ3v) is 4.11. The number of hydrogen-bond donors (Lipinski definition) is 0. The second-order valence-electron chi connectivity index (χ2n) is 5.46. The van der Waals surface area contributed by atoms with E-state index < -0.39 is 5.92 Å². The fraction of sp³-hybridized carbons (Fsp3) is 0.200. The summed E-state index contributed by atoms with van der Waals surface area (Å²) in [6.07, 6.45) is 3.55. The molecular formula is C20H19NO3. The molecule has 0 fully saturated rings. The summed E-state index contributed by atoms with van der Waals surface area (Å²) in [5.41, 5.74) is 3.27. The van der Waals surface area contributed by atoms with Gasteiger partial charge in [0.2, 0.25) is 0 Å². The summed E-state index contributed by atoms with van der Waals surface area (Å²) < 4.78 is 5.17. The molecule has 0 aromatic heterocycles. The molecule has 4 nitrogen and oxygen atoms in total. The molecule has 3 rings (SSSR count). The Morgan fingerprint density at radius 2 is 2.17 bits per heavy atom. The van der Waals surface area contributed by atoms with Crippen molar-refractivity contribution in [2.45, 2.75) is 6.92 Å². The van der Waals surface area contributed by atoms with Crippen LogP contribution >= 0.6 is 0 Å². The van der Waals surface area contributed by atoms with E-state index in [0.29, 0.717) is 12.3 Å². The lowest BCUT2D eigenvalue weighted by Gasteiger charge is -2.16. The van der Waals surface area contributed by atoms with Crippen molar-refractivity contribution in [3.8, 4) is 0 Å². The first kappa shape index (κ1) is 16.0. The quantitative estimate of drug-likeness (QED) is 0.781. The monoisotopic (exact) mass is 321 g/mol. The van der Waals surface area contributed by atoms with E-state index in [1.54, 1.807) is 19.1 Å². The van der Waals surface area contributed by atoms with Crippen molar-refractivity contribution < 1.29 is 14.4 Å². The van der Waals surface area contributed by atoms with Crippen molar-refractivity contribution in [1.82, 2.24) is 0 Å². The van der Waals surface area contributed by atoms with Crippen LogP contribution in [0.25, 0.3) is 22.9 Å².